The quantitative estimate of drug-likeness (QED) is 0.253. The number of aromatic nitrogens is 1. The highest BCUT2D eigenvalue weighted by Gasteiger charge is 2.42. The van der Waals surface area contributed by atoms with Crippen molar-refractivity contribution in [2.24, 2.45) is 5.92 Å². The first-order valence-corrected chi connectivity index (χ1v) is 13.1. The molecule has 1 atom stereocenters. The molecular formula is C33H33N3O. The van der Waals surface area contributed by atoms with Gasteiger partial charge in [0.15, 0.2) is 5.58 Å². The highest BCUT2D eigenvalue weighted by molar-refractivity contribution is 6.09. The van der Waals surface area contributed by atoms with Gasteiger partial charge in [0.2, 0.25) is 5.71 Å². The second-order valence-electron chi connectivity index (χ2n) is 10.4. The fourth-order valence-electron chi connectivity index (χ4n) is 6.13. The first kappa shape index (κ1) is 23.4. The number of hydrogen-bond acceptors (Lipinski definition) is 4. The first-order chi connectivity index (χ1) is 17.9. The molecule has 4 nitrogen and oxygen atoms in total. The molecule has 1 aliphatic rings. The Hall–Kier alpha value is -4.05. The Bertz CT molecular complexity index is 1640. The van der Waals surface area contributed by atoms with Crippen LogP contribution in [0.25, 0.3) is 22.1 Å². The number of para-hydroxylation sites is 1. The minimum absolute atomic E-state index is 0.0496. The zero-order valence-electron chi connectivity index (χ0n) is 22.4. The number of rotatable bonds is 4. The number of pyridine rings is 1. The second-order valence-corrected chi connectivity index (χ2v) is 10.4. The predicted octanol–water partition coefficient (Wildman–Crippen LogP) is 8.82. The molecule has 0 saturated carbocycles. The maximum absolute atomic E-state index is 6.51. The van der Waals surface area contributed by atoms with Crippen LogP contribution in [0.4, 0.5) is 11.4 Å². The molecule has 37 heavy (non-hydrogen) atoms. The van der Waals surface area contributed by atoms with E-state index in [0.717, 1.165) is 22.0 Å². The highest BCUT2D eigenvalue weighted by Crippen LogP contribution is 2.51. The molecule has 3 aromatic carbocycles. The zero-order chi connectivity index (χ0) is 25.8. The normalized spacial score (nSPS) is 16.1. The summed E-state index contributed by atoms with van der Waals surface area (Å²) in [5.74, 6) is 0.328. The second kappa shape index (κ2) is 8.81. The molecule has 3 heterocycles. The standard InChI is InChI=1S/C33H33N3O/c1-20(2)29-24(6)35(30-23(5)17-18-26-27-16-11-19-34-32(27)37-31(26)30)33(28-21(3)12-10-13-22(28)4)36(29)25-14-8-7-9-15-25/h7-20,33H,1-6H3. The zero-order valence-corrected chi connectivity index (χ0v) is 22.4. The third-order valence-electron chi connectivity index (χ3n) is 7.70. The van der Waals surface area contributed by atoms with Gasteiger partial charge in [-0.25, -0.2) is 4.98 Å². The summed E-state index contributed by atoms with van der Waals surface area (Å²) in [6, 6.07) is 25.9. The summed E-state index contributed by atoms with van der Waals surface area (Å²) in [5.41, 5.74) is 11.5. The fraction of sp³-hybridized carbons (Fsp3) is 0.242. The van der Waals surface area contributed by atoms with Crippen LogP contribution in [0.1, 0.15) is 49.2 Å². The Morgan fingerprint density at radius 3 is 2.16 bits per heavy atom. The summed E-state index contributed by atoms with van der Waals surface area (Å²) in [7, 11) is 0. The van der Waals surface area contributed by atoms with E-state index in [1.807, 2.05) is 6.07 Å². The molecule has 6 rings (SSSR count). The maximum atomic E-state index is 6.51. The number of benzene rings is 3. The number of nitrogens with zero attached hydrogens (tertiary/aromatic N) is 3. The fourth-order valence-corrected chi connectivity index (χ4v) is 6.13. The Morgan fingerprint density at radius 2 is 1.46 bits per heavy atom. The summed E-state index contributed by atoms with van der Waals surface area (Å²) in [6.45, 7) is 13.5. The molecule has 4 heteroatoms. The summed E-state index contributed by atoms with van der Waals surface area (Å²) in [6.07, 6.45) is 1.75. The molecule has 0 fully saturated rings. The third kappa shape index (κ3) is 3.54. The van der Waals surface area contributed by atoms with E-state index in [2.05, 4.69) is 123 Å². The number of fused-ring (bicyclic) bond motifs is 3. The van der Waals surface area contributed by atoms with Gasteiger partial charge in [0.05, 0.1) is 5.69 Å². The van der Waals surface area contributed by atoms with Crippen molar-refractivity contribution in [3.05, 3.63) is 113 Å². The van der Waals surface area contributed by atoms with Gasteiger partial charge in [-0.3, -0.25) is 0 Å². The minimum Gasteiger partial charge on any atom is -0.435 e. The number of hydrogen-bond donors (Lipinski definition) is 0. The van der Waals surface area contributed by atoms with Crippen LogP contribution in [0.5, 0.6) is 0 Å². The number of furan rings is 1. The lowest BCUT2D eigenvalue weighted by atomic mass is 9.97. The molecule has 0 spiro atoms. The molecule has 0 radical (unpaired) electrons. The molecule has 1 aliphatic heterocycles. The molecule has 0 N–H and O–H groups in total. The molecule has 0 saturated heterocycles. The van der Waals surface area contributed by atoms with Crippen LogP contribution in [0.2, 0.25) is 0 Å². The summed E-state index contributed by atoms with van der Waals surface area (Å²) < 4.78 is 6.51. The van der Waals surface area contributed by atoms with Crippen LogP contribution in [-0.4, -0.2) is 4.98 Å². The topological polar surface area (TPSA) is 32.5 Å². The molecule has 0 amide bonds. The van der Waals surface area contributed by atoms with Crippen molar-refractivity contribution < 1.29 is 4.42 Å². The third-order valence-corrected chi connectivity index (χ3v) is 7.70. The average molecular weight is 488 g/mol. The largest absolute Gasteiger partial charge is 0.435 e. The van der Waals surface area contributed by atoms with Crippen molar-refractivity contribution in [3.63, 3.8) is 0 Å². The Kier molecular flexibility index (Phi) is 5.56. The van der Waals surface area contributed by atoms with Crippen molar-refractivity contribution in [2.45, 2.75) is 47.7 Å². The Balaban J connectivity index is 1.71. The van der Waals surface area contributed by atoms with E-state index in [9.17, 15) is 0 Å². The first-order valence-electron chi connectivity index (χ1n) is 13.1. The van der Waals surface area contributed by atoms with Gasteiger partial charge in [0.1, 0.15) is 6.17 Å². The van der Waals surface area contributed by atoms with Crippen molar-refractivity contribution in [1.82, 2.24) is 4.98 Å². The molecule has 0 aliphatic carbocycles. The van der Waals surface area contributed by atoms with E-state index < -0.39 is 0 Å². The van der Waals surface area contributed by atoms with Gasteiger partial charge in [0, 0.05) is 39.6 Å². The molecular weight excluding hydrogens is 454 g/mol. The lowest BCUT2D eigenvalue weighted by molar-refractivity contribution is 0.638. The van der Waals surface area contributed by atoms with Crippen LogP contribution < -0.4 is 9.80 Å². The van der Waals surface area contributed by atoms with Gasteiger partial charge in [-0.2, -0.15) is 0 Å². The molecule has 0 bridgehead atoms. The molecule has 2 aromatic heterocycles. The van der Waals surface area contributed by atoms with E-state index >= 15 is 0 Å². The number of aryl methyl sites for hydroxylation is 3. The maximum Gasteiger partial charge on any atom is 0.227 e. The predicted molar refractivity (Wildman–Crippen MR) is 154 cm³/mol. The SMILES string of the molecule is CC1=C(C(C)C)N(c2ccccc2)C(c2c(C)cccc2C)N1c1c(C)ccc2c1oc1ncccc12. The average Bonchev–Trinajstić information content (AvgIpc) is 3.40. The van der Waals surface area contributed by atoms with Crippen molar-refractivity contribution in [3.8, 4) is 0 Å². The van der Waals surface area contributed by atoms with Crippen molar-refractivity contribution in [2.75, 3.05) is 9.80 Å². The highest BCUT2D eigenvalue weighted by atomic mass is 16.3. The van der Waals surface area contributed by atoms with Crippen LogP contribution in [-0.2, 0) is 0 Å². The van der Waals surface area contributed by atoms with Gasteiger partial charge in [0.25, 0.3) is 0 Å². The number of allylic oxidation sites excluding steroid dienone is 2. The minimum atomic E-state index is -0.0496. The van der Waals surface area contributed by atoms with Gasteiger partial charge >= 0.3 is 0 Å². The van der Waals surface area contributed by atoms with E-state index in [4.69, 9.17) is 4.42 Å². The summed E-state index contributed by atoms with van der Waals surface area (Å²) in [5, 5.41) is 2.15. The van der Waals surface area contributed by atoms with Crippen molar-refractivity contribution >= 4 is 33.4 Å². The molecule has 186 valence electrons. The van der Waals surface area contributed by atoms with Gasteiger partial charge in [-0.15, -0.1) is 0 Å². The number of anilines is 2. The van der Waals surface area contributed by atoms with Crippen LogP contribution in [0.15, 0.2) is 94.8 Å². The Labute approximate surface area is 218 Å². The van der Waals surface area contributed by atoms with E-state index in [1.165, 1.54) is 39.3 Å². The molecule has 1 unspecified atom stereocenters. The van der Waals surface area contributed by atoms with E-state index in [-0.39, 0.29) is 6.17 Å². The van der Waals surface area contributed by atoms with Crippen LogP contribution >= 0.6 is 0 Å². The van der Waals surface area contributed by atoms with Crippen LogP contribution in [0.3, 0.4) is 0 Å². The summed E-state index contributed by atoms with van der Waals surface area (Å²) in [4.78, 5) is 9.59. The van der Waals surface area contributed by atoms with Crippen LogP contribution in [0, 0.1) is 26.7 Å². The lowest BCUT2D eigenvalue weighted by Crippen LogP contribution is -2.35. The lowest BCUT2D eigenvalue weighted by Gasteiger charge is -2.38. The molecule has 5 aromatic rings. The smallest absolute Gasteiger partial charge is 0.227 e. The summed E-state index contributed by atoms with van der Waals surface area (Å²) >= 11 is 0. The van der Waals surface area contributed by atoms with Crippen molar-refractivity contribution in [1.29, 1.82) is 0 Å². The van der Waals surface area contributed by atoms with E-state index in [1.54, 1.807) is 6.20 Å². The Morgan fingerprint density at radius 1 is 0.730 bits per heavy atom. The van der Waals surface area contributed by atoms with Gasteiger partial charge in [-0.05, 0) is 74.6 Å². The van der Waals surface area contributed by atoms with Gasteiger partial charge < -0.3 is 14.2 Å². The van der Waals surface area contributed by atoms with E-state index in [0.29, 0.717) is 11.6 Å². The monoisotopic (exact) mass is 487 g/mol. The van der Waals surface area contributed by atoms with Gasteiger partial charge in [-0.1, -0.05) is 62.4 Å².